The molecule has 6 heteroatoms. The molecule has 2 N–H and O–H groups in total. The zero-order chi connectivity index (χ0) is 21.4. The summed E-state index contributed by atoms with van der Waals surface area (Å²) in [5.74, 6) is -0.0784. The highest BCUT2D eigenvalue weighted by atomic mass is 16.2. The minimum atomic E-state index is -0.880. The van der Waals surface area contributed by atoms with Gasteiger partial charge in [0.25, 0.3) is 5.91 Å². The zero-order valence-corrected chi connectivity index (χ0v) is 18.1. The van der Waals surface area contributed by atoms with E-state index < -0.39 is 11.6 Å². The molecule has 6 nitrogen and oxygen atoms in total. The van der Waals surface area contributed by atoms with Crippen LogP contribution >= 0.6 is 0 Å². The van der Waals surface area contributed by atoms with E-state index in [4.69, 9.17) is 0 Å². The SMILES string of the molecule is CC1CC(C)(C)CC2(C1)NC(=O)N(CC(=O)NC(c1ccccc1)C(C)C)C2=O. The van der Waals surface area contributed by atoms with Gasteiger partial charge in [-0.2, -0.15) is 0 Å². The summed E-state index contributed by atoms with van der Waals surface area (Å²) in [7, 11) is 0. The Morgan fingerprint density at radius 2 is 1.86 bits per heavy atom. The molecule has 1 aromatic carbocycles. The van der Waals surface area contributed by atoms with Crippen LogP contribution < -0.4 is 10.6 Å². The molecule has 1 aliphatic carbocycles. The first-order valence-electron chi connectivity index (χ1n) is 10.5. The van der Waals surface area contributed by atoms with Gasteiger partial charge in [-0.1, -0.05) is 65.0 Å². The molecule has 158 valence electrons. The maximum atomic E-state index is 13.2. The van der Waals surface area contributed by atoms with Crippen molar-refractivity contribution in [3.8, 4) is 0 Å². The number of nitrogens with one attached hydrogen (secondary N) is 2. The lowest BCUT2D eigenvalue weighted by Gasteiger charge is -2.43. The van der Waals surface area contributed by atoms with E-state index in [1.807, 2.05) is 44.2 Å². The van der Waals surface area contributed by atoms with Crippen LogP contribution in [-0.4, -0.2) is 34.8 Å². The summed E-state index contributed by atoms with van der Waals surface area (Å²) < 4.78 is 0. The standard InChI is InChI=1S/C23H33N3O3/c1-15(2)19(17-9-7-6-8-10-17)24-18(27)13-26-20(28)23(25-21(26)29)12-16(3)11-22(4,5)14-23/h6-10,15-16,19H,11-14H2,1-5H3,(H,24,27)(H,25,29). The smallest absolute Gasteiger partial charge is 0.325 e. The molecule has 1 aromatic rings. The highest BCUT2D eigenvalue weighted by molar-refractivity contribution is 6.09. The van der Waals surface area contributed by atoms with Gasteiger partial charge in [0, 0.05) is 0 Å². The third kappa shape index (κ3) is 4.46. The van der Waals surface area contributed by atoms with Gasteiger partial charge in [-0.15, -0.1) is 0 Å². The molecule has 1 spiro atoms. The van der Waals surface area contributed by atoms with E-state index in [-0.39, 0.29) is 35.7 Å². The van der Waals surface area contributed by atoms with Crippen molar-refractivity contribution in [2.75, 3.05) is 6.54 Å². The molecule has 29 heavy (non-hydrogen) atoms. The highest BCUT2D eigenvalue weighted by Gasteiger charge is 2.56. The zero-order valence-electron chi connectivity index (χ0n) is 18.1. The summed E-state index contributed by atoms with van der Waals surface area (Å²) in [6.07, 6.45) is 2.24. The number of urea groups is 1. The van der Waals surface area contributed by atoms with Gasteiger partial charge in [0.2, 0.25) is 5.91 Å². The number of amides is 4. The average Bonchev–Trinajstić information content (AvgIpc) is 2.81. The van der Waals surface area contributed by atoms with Gasteiger partial charge in [-0.05, 0) is 42.1 Å². The molecule has 0 aromatic heterocycles. The van der Waals surface area contributed by atoms with Crippen LogP contribution in [0.4, 0.5) is 4.79 Å². The molecule has 1 saturated heterocycles. The fraction of sp³-hybridized carbons (Fsp3) is 0.609. The summed E-state index contributed by atoms with van der Waals surface area (Å²) in [5.41, 5.74) is 0.0945. The maximum Gasteiger partial charge on any atom is 0.325 e. The second kappa shape index (κ2) is 7.81. The van der Waals surface area contributed by atoms with Crippen LogP contribution in [0.2, 0.25) is 0 Å². The van der Waals surface area contributed by atoms with Crippen LogP contribution in [-0.2, 0) is 9.59 Å². The lowest BCUT2D eigenvalue weighted by Crippen LogP contribution is -2.54. The fourth-order valence-corrected chi connectivity index (χ4v) is 5.31. The van der Waals surface area contributed by atoms with E-state index in [1.165, 1.54) is 0 Å². The molecule has 0 radical (unpaired) electrons. The van der Waals surface area contributed by atoms with Gasteiger partial charge >= 0.3 is 6.03 Å². The van der Waals surface area contributed by atoms with Gasteiger partial charge in [0.1, 0.15) is 12.1 Å². The Morgan fingerprint density at radius 1 is 1.21 bits per heavy atom. The van der Waals surface area contributed by atoms with Crippen molar-refractivity contribution in [2.24, 2.45) is 17.3 Å². The predicted molar refractivity (Wildman–Crippen MR) is 112 cm³/mol. The molecule has 3 atom stereocenters. The third-order valence-electron chi connectivity index (χ3n) is 6.07. The molecule has 1 saturated carbocycles. The van der Waals surface area contributed by atoms with Crippen LogP contribution in [0.15, 0.2) is 30.3 Å². The lowest BCUT2D eigenvalue weighted by molar-refractivity contribution is -0.137. The Morgan fingerprint density at radius 3 is 2.45 bits per heavy atom. The lowest BCUT2D eigenvalue weighted by atomic mass is 9.64. The van der Waals surface area contributed by atoms with Crippen molar-refractivity contribution in [1.29, 1.82) is 0 Å². The van der Waals surface area contributed by atoms with E-state index in [9.17, 15) is 14.4 Å². The van der Waals surface area contributed by atoms with Crippen LogP contribution in [0.5, 0.6) is 0 Å². The van der Waals surface area contributed by atoms with E-state index in [0.29, 0.717) is 18.8 Å². The first-order valence-corrected chi connectivity index (χ1v) is 10.5. The highest BCUT2D eigenvalue weighted by Crippen LogP contribution is 2.46. The minimum Gasteiger partial charge on any atom is -0.347 e. The molecule has 0 bridgehead atoms. The van der Waals surface area contributed by atoms with Crippen LogP contribution in [0.25, 0.3) is 0 Å². The fourth-order valence-electron chi connectivity index (χ4n) is 5.31. The Balaban J connectivity index is 1.72. The number of hydrogen-bond acceptors (Lipinski definition) is 3. The van der Waals surface area contributed by atoms with Crippen molar-refractivity contribution in [1.82, 2.24) is 15.5 Å². The van der Waals surface area contributed by atoms with E-state index in [0.717, 1.165) is 16.9 Å². The molecule has 2 fully saturated rings. The molecular formula is C23H33N3O3. The quantitative estimate of drug-likeness (QED) is 0.742. The Kier molecular flexibility index (Phi) is 5.74. The number of carbonyl (C=O) groups excluding carboxylic acids is 3. The van der Waals surface area contributed by atoms with Gasteiger partial charge in [-0.3, -0.25) is 14.5 Å². The molecule has 1 heterocycles. The summed E-state index contributed by atoms with van der Waals surface area (Å²) in [4.78, 5) is 39.7. The van der Waals surface area contributed by atoms with E-state index in [2.05, 4.69) is 31.4 Å². The summed E-state index contributed by atoms with van der Waals surface area (Å²) in [6.45, 7) is 10.2. The number of rotatable bonds is 5. The maximum absolute atomic E-state index is 13.2. The number of hydrogen-bond donors (Lipinski definition) is 2. The molecule has 3 unspecified atom stereocenters. The Bertz CT molecular complexity index is 790. The average molecular weight is 400 g/mol. The third-order valence-corrected chi connectivity index (χ3v) is 6.07. The van der Waals surface area contributed by atoms with Crippen LogP contribution in [0.3, 0.4) is 0 Å². The summed E-state index contributed by atoms with van der Waals surface area (Å²) in [6, 6.07) is 9.11. The second-order valence-electron chi connectivity index (χ2n) is 9.96. The topological polar surface area (TPSA) is 78.5 Å². The normalized spacial score (nSPS) is 27.2. The van der Waals surface area contributed by atoms with E-state index >= 15 is 0 Å². The van der Waals surface area contributed by atoms with Crippen molar-refractivity contribution in [2.45, 2.75) is 65.5 Å². The van der Waals surface area contributed by atoms with Crippen LogP contribution in [0, 0.1) is 17.3 Å². The monoisotopic (exact) mass is 399 g/mol. The number of imide groups is 1. The predicted octanol–water partition coefficient (Wildman–Crippen LogP) is 3.64. The summed E-state index contributed by atoms with van der Waals surface area (Å²) >= 11 is 0. The van der Waals surface area contributed by atoms with Crippen molar-refractivity contribution in [3.05, 3.63) is 35.9 Å². The molecular weight excluding hydrogens is 366 g/mol. The first-order chi connectivity index (χ1) is 13.5. The Labute approximate surface area is 173 Å². The second-order valence-corrected chi connectivity index (χ2v) is 9.96. The minimum absolute atomic E-state index is 0.0328. The largest absolute Gasteiger partial charge is 0.347 e. The van der Waals surface area contributed by atoms with Gasteiger partial charge in [0.15, 0.2) is 0 Å². The molecule has 3 rings (SSSR count). The van der Waals surface area contributed by atoms with Gasteiger partial charge < -0.3 is 10.6 Å². The van der Waals surface area contributed by atoms with Gasteiger partial charge in [0.05, 0.1) is 6.04 Å². The molecule has 2 aliphatic rings. The number of carbonyl (C=O) groups is 3. The molecule has 1 aliphatic heterocycles. The van der Waals surface area contributed by atoms with Gasteiger partial charge in [-0.25, -0.2) is 4.79 Å². The summed E-state index contributed by atoms with van der Waals surface area (Å²) in [5, 5.41) is 5.93. The van der Waals surface area contributed by atoms with Crippen molar-refractivity contribution >= 4 is 17.8 Å². The van der Waals surface area contributed by atoms with Crippen molar-refractivity contribution in [3.63, 3.8) is 0 Å². The van der Waals surface area contributed by atoms with Crippen LogP contribution in [0.1, 0.15) is 65.5 Å². The Hall–Kier alpha value is -2.37. The van der Waals surface area contributed by atoms with E-state index in [1.54, 1.807) is 0 Å². The number of benzene rings is 1. The van der Waals surface area contributed by atoms with Crippen molar-refractivity contribution < 1.29 is 14.4 Å². The first kappa shape index (κ1) is 21.3. The molecule has 4 amide bonds. The number of nitrogens with zero attached hydrogens (tertiary/aromatic N) is 1.